The maximum atomic E-state index is 13.0. The number of nitrogens with one attached hydrogen (secondary N) is 1. The minimum atomic E-state index is -0.461. The second-order valence-corrected chi connectivity index (χ2v) is 8.56. The van der Waals surface area contributed by atoms with Gasteiger partial charge in [0.2, 0.25) is 11.8 Å². The lowest BCUT2D eigenvalue weighted by Gasteiger charge is -2.30. The van der Waals surface area contributed by atoms with Crippen LogP contribution >= 0.6 is 23.4 Å². The van der Waals surface area contributed by atoms with Gasteiger partial charge in [-0.25, -0.2) is 0 Å². The maximum Gasteiger partial charge on any atom is 0.242 e. The van der Waals surface area contributed by atoms with Gasteiger partial charge in [-0.05, 0) is 55.3 Å². The van der Waals surface area contributed by atoms with Crippen molar-refractivity contribution in [1.29, 1.82) is 0 Å². The van der Waals surface area contributed by atoms with Crippen LogP contribution in [0.25, 0.3) is 0 Å². The van der Waals surface area contributed by atoms with E-state index in [1.54, 1.807) is 23.7 Å². The number of rotatable bonds is 10. The van der Waals surface area contributed by atoms with Gasteiger partial charge >= 0.3 is 0 Å². The number of benzene rings is 2. The average molecular weight is 433 g/mol. The fourth-order valence-electron chi connectivity index (χ4n) is 3.18. The summed E-state index contributed by atoms with van der Waals surface area (Å²) in [4.78, 5) is 28.3. The lowest BCUT2D eigenvalue weighted by Crippen LogP contribution is -2.48. The van der Waals surface area contributed by atoms with Crippen molar-refractivity contribution >= 4 is 35.2 Å². The number of thioether (sulfide) groups is 1. The molecule has 0 aliphatic rings. The molecule has 2 aromatic rings. The molecule has 0 bridgehead atoms. The number of hydrogen-bond acceptors (Lipinski definition) is 3. The molecule has 2 rings (SSSR count). The van der Waals surface area contributed by atoms with E-state index in [1.807, 2.05) is 56.3 Å². The van der Waals surface area contributed by atoms with E-state index in [9.17, 15) is 9.59 Å². The highest BCUT2D eigenvalue weighted by Crippen LogP contribution is 2.22. The number of carbonyl (C=O) groups excluding carboxylic acids is 2. The molecule has 1 N–H and O–H groups in total. The molecule has 0 saturated heterocycles. The van der Waals surface area contributed by atoms with Crippen LogP contribution in [0.2, 0.25) is 5.02 Å². The monoisotopic (exact) mass is 432 g/mol. The minimum Gasteiger partial charge on any atom is -0.357 e. The second kappa shape index (κ2) is 11.9. The van der Waals surface area contributed by atoms with Gasteiger partial charge in [0.05, 0.1) is 0 Å². The smallest absolute Gasteiger partial charge is 0.242 e. The number of likely N-dealkylation sites (N-methyl/N-ethyl adjacent to an activating group) is 1. The number of aryl methyl sites for hydroxylation is 1. The van der Waals surface area contributed by atoms with Crippen molar-refractivity contribution in [2.75, 3.05) is 12.8 Å². The Balaban J connectivity index is 2.00. The zero-order chi connectivity index (χ0) is 21.2. The lowest BCUT2D eigenvalue weighted by atomic mass is 10.1. The molecule has 0 aliphatic heterocycles. The molecular weight excluding hydrogens is 404 g/mol. The maximum absolute atomic E-state index is 13.0. The van der Waals surface area contributed by atoms with Gasteiger partial charge < -0.3 is 10.2 Å². The quantitative estimate of drug-likeness (QED) is 0.421. The predicted octanol–water partition coefficient (Wildman–Crippen LogP) is 5.07. The molecule has 6 heteroatoms. The van der Waals surface area contributed by atoms with Crippen LogP contribution in [0.5, 0.6) is 0 Å². The highest BCUT2D eigenvalue weighted by Gasteiger charge is 2.27. The summed E-state index contributed by atoms with van der Waals surface area (Å²) in [6, 6.07) is 15.3. The molecular formula is C23H29ClN2O2S. The molecule has 29 heavy (non-hydrogen) atoms. The minimum absolute atomic E-state index is 0.0127. The first-order chi connectivity index (χ1) is 13.9. The van der Waals surface area contributed by atoms with Crippen molar-refractivity contribution in [3.8, 4) is 0 Å². The summed E-state index contributed by atoms with van der Waals surface area (Å²) >= 11 is 7.62. The third-order valence-electron chi connectivity index (χ3n) is 4.69. The van der Waals surface area contributed by atoms with Crippen molar-refractivity contribution < 1.29 is 9.59 Å². The van der Waals surface area contributed by atoms with Gasteiger partial charge in [-0.3, -0.25) is 9.59 Å². The highest BCUT2D eigenvalue weighted by molar-refractivity contribution is 7.99. The summed E-state index contributed by atoms with van der Waals surface area (Å²) in [5, 5.41) is 3.41. The highest BCUT2D eigenvalue weighted by atomic mass is 35.5. The first-order valence-corrected chi connectivity index (χ1v) is 11.3. The summed E-state index contributed by atoms with van der Waals surface area (Å²) in [6.07, 6.45) is 1.75. The average Bonchev–Trinajstić information content (AvgIpc) is 2.72. The fraction of sp³-hybridized carbons (Fsp3) is 0.391. The van der Waals surface area contributed by atoms with Crippen molar-refractivity contribution in [2.45, 2.75) is 50.6 Å². The van der Waals surface area contributed by atoms with Crippen LogP contribution in [-0.4, -0.2) is 35.6 Å². The van der Waals surface area contributed by atoms with Crippen molar-refractivity contribution in [2.24, 2.45) is 0 Å². The molecule has 0 saturated carbocycles. The van der Waals surface area contributed by atoms with Crippen LogP contribution in [-0.2, 0) is 16.1 Å². The van der Waals surface area contributed by atoms with Gasteiger partial charge in [-0.15, -0.1) is 11.8 Å². The first-order valence-electron chi connectivity index (χ1n) is 9.89. The van der Waals surface area contributed by atoms with Crippen LogP contribution in [0.15, 0.2) is 53.4 Å². The topological polar surface area (TPSA) is 49.4 Å². The Kier molecular flexibility index (Phi) is 9.55. The summed E-state index contributed by atoms with van der Waals surface area (Å²) in [5.74, 6) is 0.727. The molecule has 0 fully saturated rings. The zero-order valence-electron chi connectivity index (χ0n) is 17.3. The van der Waals surface area contributed by atoms with Gasteiger partial charge in [0.1, 0.15) is 6.04 Å². The predicted molar refractivity (Wildman–Crippen MR) is 121 cm³/mol. The van der Waals surface area contributed by atoms with Crippen molar-refractivity contribution in [3.05, 3.63) is 64.7 Å². The third-order valence-corrected chi connectivity index (χ3v) is 6.04. The molecule has 1 atom stereocenters. The molecule has 0 aromatic heterocycles. The molecule has 0 radical (unpaired) electrons. The van der Waals surface area contributed by atoms with Crippen LogP contribution in [0.3, 0.4) is 0 Å². The normalized spacial score (nSPS) is 11.7. The number of nitrogens with zero attached hydrogens (tertiary/aromatic N) is 1. The van der Waals surface area contributed by atoms with Gasteiger partial charge in [-0.1, -0.05) is 48.4 Å². The summed E-state index contributed by atoms with van der Waals surface area (Å²) < 4.78 is 0. The fourth-order valence-corrected chi connectivity index (χ4v) is 4.16. The van der Waals surface area contributed by atoms with E-state index in [1.165, 1.54) is 0 Å². The van der Waals surface area contributed by atoms with E-state index >= 15 is 0 Å². The van der Waals surface area contributed by atoms with E-state index in [0.717, 1.165) is 33.2 Å². The van der Waals surface area contributed by atoms with Crippen LogP contribution in [0.4, 0.5) is 0 Å². The van der Waals surface area contributed by atoms with Gasteiger partial charge in [-0.2, -0.15) is 0 Å². The largest absolute Gasteiger partial charge is 0.357 e. The molecule has 0 unspecified atom stereocenters. The van der Waals surface area contributed by atoms with E-state index < -0.39 is 6.04 Å². The Morgan fingerprint density at radius 1 is 1.17 bits per heavy atom. The third kappa shape index (κ3) is 7.41. The number of carbonyl (C=O) groups is 2. The molecule has 4 nitrogen and oxygen atoms in total. The van der Waals surface area contributed by atoms with Crippen molar-refractivity contribution in [1.82, 2.24) is 10.2 Å². The molecule has 0 heterocycles. The summed E-state index contributed by atoms with van der Waals surface area (Å²) in [5.41, 5.74) is 2.18. The Morgan fingerprint density at radius 2 is 1.90 bits per heavy atom. The van der Waals surface area contributed by atoms with Crippen molar-refractivity contribution in [3.63, 3.8) is 0 Å². The number of amides is 2. The van der Waals surface area contributed by atoms with E-state index in [4.69, 9.17) is 11.6 Å². The first kappa shape index (κ1) is 23.3. The molecule has 2 amide bonds. The Morgan fingerprint density at radius 3 is 2.52 bits per heavy atom. The SMILES string of the molecule is CC[C@@H](C(=O)NC)N(Cc1cccc(C)c1)C(=O)CCCSc1ccc(Cl)cc1. The Bertz CT molecular complexity index is 811. The summed E-state index contributed by atoms with van der Waals surface area (Å²) in [7, 11) is 1.61. The molecule has 156 valence electrons. The lowest BCUT2D eigenvalue weighted by molar-refractivity contribution is -0.141. The molecule has 2 aromatic carbocycles. The van der Waals surface area contributed by atoms with Gasteiger partial charge in [0, 0.05) is 29.9 Å². The van der Waals surface area contributed by atoms with Crippen LogP contribution < -0.4 is 5.32 Å². The zero-order valence-corrected chi connectivity index (χ0v) is 18.9. The van der Waals surface area contributed by atoms with Gasteiger partial charge in [0.15, 0.2) is 0 Å². The van der Waals surface area contributed by atoms with E-state index in [2.05, 4.69) is 11.4 Å². The molecule has 0 spiro atoms. The molecule has 0 aliphatic carbocycles. The summed E-state index contributed by atoms with van der Waals surface area (Å²) in [6.45, 7) is 4.41. The van der Waals surface area contributed by atoms with E-state index in [-0.39, 0.29) is 11.8 Å². The number of halogens is 1. The van der Waals surface area contributed by atoms with E-state index in [0.29, 0.717) is 19.4 Å². The Hall–Kier alpha value is -1.98. The standard InChI is InChI=1S/C23H29ClN2O2S/c1-4-21(23(28)25-3)26(16-18-8-5-7-17(2)15-18)22(27)9-6-14-29-20-12-10-19(24)11-13-20/h5,7-8,10-13,15,21H,4,6,9,14,16H2,1-3H3,(H,25,28)/t21-/m0/s1. The van der Waals surface area contributed by atoms with Crippen LogP contribution in [0.1, 0.15) is 37.3 Å². The second-order valence-electron chi connectivity index (χ2n) is 6.95. The van der Waals surface area contributed by atoms with Gasteiger partial charge in [0.25, 0.3) is 0 Å². The Labute approximate surface area is 183 Å². The number of hydrogen-bond donors (Lipinski definition) is 1. The van der Waals surface area contributed by atoms with Crippen LogP contribution in [0, 0.1) is 6.92 Å².